The van der Waals surface area contributed by atoms with Crippen molar-refractivity contribution in [2.75, 3.05) is 19.7 Å². The lowest BCUT2D eigenvalue weighted by atomic mass is 10.1. The topological polar surface area (TPSA) is 75.3 Å². The Balaban J connectivity index is 1.78. The van der Waals surface area contributed by atoms with E-state index in [0.717, 1.165) is 11.3 Å². The van der Waals surface area contributed by atoms with Crippen LogP contribution in [0.3, 0.4) is 0 Å². The van der Waals surface area contributed by atoms with E-state index in [1.807, 2.05) is 30.3 Å². The number of nitrogens with one attached hydrogen (secondary N) is 1. The van der Waals surface area contributed by atoms with Crippen molar-refractivity contribution in [2.45, 2.75) is 26.4 Å². The van der Waals surface area contributed by atoms with Crippen molar-refractivity contribution >= 4 is 5.91 Å². The maximum absolute atomic E-state index is 12.8. The van der Waals surface area contributed by atoms with E-state index in [4.69, 9.17) is 4.74 Å². The van der Waals surface area contributed by atoms with Crippen LogP contribution in [0.2, 0.25) is 0 Å². The molecule has 6 nitrogen and oxygen atoms in total. The third kappa shape index (κ3) is 4.33. The number of carbonyl (C=O) groups excluding carboxylic acids is 1. The number of hydrogen-bond donors (Lipinski definition) is 1. The van der Waals surface area contributed by atoms with Crippen molar-refractivity contribution in [1.82, 2.24) is 14.9 Å². The minimum Gasteiger partial charge on any atom is -0.370 e. The maximum Gasteiger partial charge on any atom is 0.345 e. The van der Waals surface area contributed by atoms with Crippen molar-refractivity contribution in [3.63, 3.8) is 0 Å². The zero-order valence-electron chi connectivity index (χ0n) is 14.6. The molecule has 0 bridgehead atoms. The van der Waals surface area contributed by atoms with E-state index in [1.54, 1.807) is 11.0 Å². The van der Waals surface area contributed by atoms with Gasteiger partial charge in [-0.15, -0.1) is 0 Å². The predicted octanol–water partition coefficient (Wildman–Crippen LogP) is 2.18. The Morgan fingerprint density at radius 1 is 1.36 bits per heavy atom. The molecule has 2 heterocycles. The second-order valence-corrected chi connectivity index (χ2v) is 6.72. The van der Waals surface area contributed by atoms with Crippen molar-refractivity contribution in [3.8, 4) is 0 Å². The zero-order valence-corrected chi connectivity index (χ0v) is 14.6. The number of benzene rings is 1. The highest BCUT2D eigenvalue weighted by atomic mass is 16.5. The summed E-state index contributed by atoms with van der Waals surface area (Å²) < 4.78 is 5.80. The fourth-order valence-electron chi connectivity index (χ4n) is 3.03. The molecule has 1 fully saturated rings. The molecule has 1 N–H and O–H groups in total. The Morgan fingerprint density at radius 3 is 2.84 bits per heavy atom. The van der Waals surface area contributed by atoms with E-state index in [0.29, 0.717) is 32.0 Å². The van der Waals surface area contributed by atoms with Crippen LogP contribution in [-0.4, -0.2) is 40.5 Å². The number of rotatable bonds is 4. The van der Waals surface area contributed by atoms with Gasteiger partial charge in [-0.1, -0.05) is 44.2 Å². The number of amides is 1. The molecule has 1 saturated heterocycles. The summed E-state index contributed by atoms with van der Waals surface area (Å²) >= 11 is 0. The van der Waals surface area contributed by atoms with Crippen LogP contribution >= 0.6 is 0 Å². The molecule has 6 heteroatoms. The zero-order chi connectivity index (χ0) is 17.8. The molecular formula is C19H23N3O3. The predicted molar refractivity (Wildman–Crippen MR) is 94.4 cm³/mol. The third-order valence-corrected chi connectivity index (χ3v) is 4.17. The van der Waals surface area contributed by atoms with Gasteiger partial charge in [-0.05, 0) is 24.0 Å². The van der Waals surface area contributed by atoms with Gasteiger partial charge in [0.05, 0.1) is 13.2 Å². The second-order valence-electron chi connectivity index (χ2n) is 6.72. The summed E-state index contributed by atoms with van der Waals surface area (Å²) in [6.07, 6.45) is 0.546. The van der Waals surface area contributed by atoms with Crippen LogP contribution in [0.1, 0.15) is 41.7 Å². The van der Waals surface area contributed by atoms with Gasteiger partial charge in [-0.2, -0.15) is 4.98 Å². The molecule has 0 spiro atoms. The van der Waals surface area contributed by atoms with Gasteiger partial charge in [0.1, 0.15) is 11.8 Å². The summed E-state index contributed by atoms with van der Waals surface area (Å²) in [6.45, 7) is 5.54. The quantitative estimate of drug-likeness (QED) is 0.925. The van der Waals surface area contributed by atoms with Crippen LogP contribution in [0.15, 0.2) is 41.2 Å². The SMILES string of the molecule is CC(C)Cc1cc(C(=O)N2CCOC(c3ccccc3)C2)nc(=O)[nH]1. The van der Waals surface area contributed by atoms with Crippen LogP contribution < -0.4 is 5.69 Å². The van der Waals surface area contributed by atoms with Crippen molar-refractivity contribution in [1.29, 1.82) is 0 Å². The van der Waals surface area contributed by atoms with Gasteiger partial charge in [-0.3, -0.25) is 4.79 Å². The van der Waals surface area contributed by atoms with Crippen molar-refractivity contribution in [3.05, 3.63) is 63.8 Å². The molecule has 1 aromatic carbocycles. The highest BCUT2D eigenvalue weighted by Gasteiger charge is 2.27. The number of ether oxygens (including phenoxy) is 1. The van der Waals surface area contributed by atoms with Gasteiger partial charge in [-0.25, -0.2) is 4.79 Å². The largest absolute Gasteiger partial charge is 0.370 e. The van der Waals surface area contributed by atoms with E-state index in [1.165, 1.54) is 0 Å². The van der Waals surface area contributed by atoms with Crippen LogP contribution in [-0.2, 0) is 11.2 Å². The molecule has 3 rings (SSSR count). The number of nitrogens with zero attached hydrogens (tertiary/aromatic N) is 2. The fourth-order valence-corrected chi connectivity index (χ4v) is 3.03. The molecule has 0 aliphatic carbocycles. The summed E-state index contributed by atoms with van der Waals surface area (Å²) in [7, 11) is 0. The van der Waals surface area contributed by atoms with E-state index in [2.05, 4.69) is 23.8 Å². The molecule has 1 aliphatic heterocycles. The number of aromatic amines is 1. The molecule has 1 aliphatic rings. The fraction of sp³-hybridized carbons (Fsp3) is 0.421. The Morgan fingerprint density at radius 2 is 2.12 bits per heavy atom. The number of H-pyrrole nitrogens is 1. The van der Waals surface area contributed by atoms with E-state index >= 15 is 0 Å². The summed E-state index contributed by atoms with van der Waals surface area (Å²) in [5.41, 5.74) is 1.51. The van der Waals surface area contributed by atoms with Gasteiger partial charge in [0.15, 0.2) is 0 Å². The van der Waals surface area contributed by atoms with Gasteiger partial charge in [0.2, 0.25) is 0 Å². The smallest absolute Gasteiger partial charge is 0.345 e. The standard InChI is InChI=1S/C19H23N3O3/c1-13(2)10-15-11-16(21-19(24)20-15)18(23)22-8-9-25-17(12-22)14-6-4-3-5-7-14/h3-7,11,13,17H,8-10,12H2,1-2H3,(H,20,21,24). The Bertz CT molecular complexity index is 786. The van der Waals surface area contributed by atoms with Gasteiger partial charge < -0.3 is 14.6 Å². The summed E-state index contributed by atoms with van der Waals surface area (Å²) in [6, 6.07) is 11.5. The summed E-state index contributed by atoms with van der Waals surface area (Å²) in [4.78, 5) is 32.9. The summed E-state index contributed by atoms with van der Waals surface area (Å²) in [5.74, 6) is 0.159. The van der Waals surface area contributed by atoms with Crippen LogP contribution in [0, 0.1) is 5.92 Å². The highest BCUT2D eigenvalue weighted by Crippen LogP contribution is 2.22. The minimum absolute atomic E-state index is 0.156. The number of morpholine rings is 1. The van der Waals surface area contributed by atoms with Gasteiger partial charge in [0.25, 0.3) is 5.91 Å². The average Bonchev–Trinajstić information content (AvgIpc) is 2.61. The van der Waals surface area contributed by atoms with E-state index in [9.17, 15) is 9.59 Å². The van der Waals surface area contributed by atoms with E-state index < -0.39 is 5.69 Å². The first-order valence-corrected chi connectivity index (χ1v) is 8.59. The molecular weight excluding hydrogens is 318 g/mol. The number of hydrogen-bond acceptors (Lipinski definition) is 4. The minimum atomic E-state index is -0.477. The third-order valence-electron chi connectivity index (χ3n) is 4.17. The van der Waals surface area contributed by atoms with Gasteiger partial charge in [0, 0.05) is 12.2 Å². The Hall–Kier alpha value is -2.47. The van der Waals surface area contributed by atoms with Crippen molar-refractivity contribution < 1.29 is 9.53 Å². The molecule has 0 radical (unpaired) electrons. The first kappa shape index (κ1) is 17.4. The first-order chi connectivity index (χ1) is 12.0. The molecule has 132 valence electrons. The lowest BCUT2D eigenvalue weighted by Crippen LogP contribution is -2.43. The first-order valence-electron chi connectivity index (χ1n) is 8.59. The Labute approximate surface area is 146 Å². The molecule has 25 heavy (non-hydrogen) atoms. The lowest BCUT2D eigenvalue weighted by Gasteiger charge is -2.33. The molecule has 1 amide bonds. The molecule has 1 unspecified atom stereocenters. The molecule has 2 aromatic rings. The second kappa shape index (κ2) is 7.61. The number of aromatic nitrogens is 2. The highest BCUT2D eigenvalue weighted by molar-refractivity contribution is 5.92. The molecule has 0 saturated carbocycles. The van der Waals surface area contributed by atoms with E-state index in [-0.39, 0.29) is 17.7 Å². The maximum atomic E-state index is 12.8. The van der Waals surface area contributed by atoms with Gasteiger partial charge >= 0.3 is 5.69 Å². The van der Waals surface area contributed by atoms with Crippen LogP contribution in [0.4, 0.5) is 0 Å². The number of carbonyl (C=O) groups is 1. The average molecular weight is 341 g/mol. The summed E-state index contributed by atoms with van der Waals surface area (Å²) in [5, 5.41) is 0. The lowest BCUT2D eigenvalue weighted by molar-refractivity contribution is -0.0230. The van der Waals surface area contributed by atoms with Crippen LogP contribution in [0.25, 0.3) is 0 Å². The Kier molecular flexibility index (Phi) is 5.28. The molecule has 1 atom stereocenters. The van der Waals surface area contributed by atoms with Crippen molar-refractivity contribution in [2.24, 2.45) is 5.92 Å². The molecule has 1 aromatic heterocycles. The van der Waals surface area contributed by atoms with Crippen LogP contribution in [0.5, 0.6) is 0 Å². The monoisotopic (exact) mass is 341 g/mol. The normalized spacial score (nSPS) is 17.7.